The van der Waals surface area contributed by atoms with Crippen molar-refractivity contribution >= 4 is 16.9 Å². The van der Waals surface area contributed by atoms with E-state index in [9.17, 15) is 15.0 Å². The Balaban J connectivity index is 2.27. The summed E-state index contributed by atoms with van der Waals surface area (Å²) in [6.45, 7) is 3.65. The van der Waals surface area contributed by atoms with Gasteiger partial charge < -0.3 is 19.4 Å². The minimum absolute atomic E-state index is 0.0256. The Morgan fingerprint density at radius 2 is 1.89 bits per heavy atom. The molecular formula is C21H21NO5. The van der Waals surface area contributed by atoms with Crippen LogP contribution in [0.5, 0.6) is 11.5 Å². The molecule has 3 rings (SSSR count). The predicted molar refractivity (Wildman–Crippen MR) is 102 cm³/mol. The molecule has 3 aromatic rings. The molecular weight excluding hydrogens is 346 g/mol. The minimum Gasteiger partial charge on any atom is -0.504 e. The van der Waals surface area contributed by atoms with E-state index in [0.717, 1.165) is 5.39 Å². The third-order valence-electron chi connectivity index (χ3n) is 4.28. The van der Waals surface area contributed by atoms with Gasteiger partial charge in [0.25, 0.3) is 0 Å². The SMILES string of the molecule is COc1cc(-c2cc(=NC(C(=O)O)C(C)C)c3ccccc3o2)ccc1O. The minimum atomic E-state index is -0.970. The zero-order valence-electron chi connectivity index (χ0n) is 15.3. The van der Waals surface area contributed by atoms with Crippen LogP contribution in [-0.4, -0.2) is 29.3 Å². The number of rotatable bonds is 5. The fraction of sp³-hybridized carbons (Fsp3) is 0.238. The number of carbonyl (C=O) groups is 1. The van der Waals surface area contributed by atoms with Crippen molar-refractivity contribution in [2.24, 2.45) is 10.9 Å². The molecule has 0 saturated carbocycles. The van der Waals surface area contributed by atoms with Gasteiger partial charge in [-0.3, -0.25) is 4.99 Å². The number of nitrogens with zero attached hydrogens (tertiary/aromatic N) is 1. The Hall–Kier alpha value is -3.28. The lowest BCUT2D eigenvalue weighted by Crippen LogP contribution is -2.26. The number of hydrogen-bond acceptors (Lipinski definition) is 5. The summed E-state index contributed by atoms with van der Waals surface area (Å²) in [5.74, 6) is -0.283. The first-order valence-corrected chi connectivity index (χ1v) is 8.57. The molecule has 0 bridgehead atoms. The third-order valence-corrected chi connectivity index (χ3v) is 4.28. The summed E-state index contributed by atoms with van der Waals surface area (Å²) in [5.41, 5.74) is 1.27. The molecule has 1 heterocycles. The Bertz CT molecular complexity index is 1050. The Morgan fingerprint density at radius 3 is 2.56 bits per heavy atom. The number of aromatic hydroxyl groups is 1. The summed E-state index contributed by atoms with van der Waals surface area (Å²) in [6, 6.07) is 13.1. The lowest BCUT2D eigenvalue weighted by Gasteiger charge is -2.12. The Labute approximate surface area is 156 Å². The van der Waals surface area contributed by atoms with Crippen molar-refractivity contribution in [3.8, 4) is 22.8 Å². The maximum Gasteiger partial charge on any atom is 0.328 e. The molecule has 27 heavy (non-hydrogen) atoms. The van der Waals surface area contributed by atoms with Gasteiger partial charge in [0.05, 0.1) is 12.5 Å². The summed E-state index contributed by atoms with van der Waals surface area (Å²) in [6.07, 6.45) is 0. The number of ether oxygens (including phenoxy) is 1. The number of hydrogen-bond donors (Lipinski definition) is 2. The second kappa shape index (κ2) is 7.53. The first-order valence-electron chi connectivity index (χ1n) is 8.57. The highest BCUT2D eigenvalue weighted by atomic mass is 16.5. The smallest absolute Gasteiger partial charge is 0.328 e. The molecule has 6 heteroatoms. The molecule has 0 saturated heterocycles. The number of methoxy groups -OCH3 is 1. The fourth-order valence-corrected chi connectivity index (χ4v) is 2.84. The molecule has 0 amide bonds. The summed E-state index contributed by atoms with van der Waals surface area (Å²) in [4.78, 5) is 16.1. The normalized spacial score (nSPS) is 13.1. The highest BCUT2D eigenvalue weighted by molar-refractivity contribution is 5.79. The van der Waals surface area contributed by atoms with Crippen molar-refractivity contribution in [1.29, 1.82) is 0 Å². The summed E-state index contributed by atoms with van der Waals surface area (Å²) in [5, 5.41) is 20.6. The fourth-order valence-electron chi connectivity index (χ4n) is 2.84. The lowest BCUT2D eigenvalue weighted by atomic mass is 10.1. The molecule has 2 N–H and O–H groups in total. The van der Waals surface area contributed by atoms with Crippen LogP contribution in [-0.2, 0) is 4.79 Å². The standard InChI is InChI=1S/C21H21NO5/c1-12(2)20(21(24)25)22-15-11-18(27-17-7-5-4-6-14(15)17)13-8-9-16(23)19(10-13)26-3/h4-12,20,23H,1-3H3,(H,24,25). The van der Waals surface area contributed by atoms with Crippen LogP contribution in [0.2, 0.25) is 0 Å². The predicted octanol–water partition coefficient (Wildman–Crippen LogP) is 3.82. The molecule has 0 spiro atoms. The van der Waals surface area contributed by atoms with E-state index >= 15 is 0 Å². The largest absolute Gasteiger partial charge is 0.504 e. The molecule has 2 aromatic carbocycles. The van der Waals surface area contributed by atoms with Gasteiger partial charge >= 0.3 is 5.97 Å². The lowest BCUT2D eigenvalue weighted by molar-refractivity contribution is -0.139. The number of carboxylic acid groups (broad SMARTS) is 1. The van der Waals surface area contributed by atoms with Gasteiger partial charge in [0.1, 0.15) is 17.4 Å². The molecule has 0 aliphatic carbocycles. The average molecular weight is 367 g/mol. The Morgan fingerprint density at radius 1 is 1.15 bits per heavy atom. The maximum atomic E-state index is 11.6. The average Bonchev–Trinajstić information content (AvgIpc) is 2.65. The molecule has 1 aromatic heterocycles. The van der Waals surface area contributed by atoms with E-state index in [-0.39, 0.29) is 11.7 Å². The van der Waals surface area contributed by atoms with Gasteiger partial charge in [-0.15, -0.1) is 0 Å². The second-order valence-corrected chi connectivity index (χ2v) is 6.53. The van der Waals surface area contributed by atoms with Gasteiger partial charge in [-0.2, -0.15) is 0 Å². The van der Waals surface area contributed by atoms with Crippen molar-refractivity contribution in [1.82, 2.24) is 0 Å². The first-order chi connectivity index (χ1) is 12.9. The van der Waals surface area contributed by atoms with Crippen LogP contribution >= 0.6 is 0 Å². The zero-order chi connectivity index (χ0) is 19.6. The number of phenols is 1. The van der Waals surface area contributed by atoms with Crippen molar-refractivity contribution in [2.45, 2.75) is 19.9 Å². The number of para-hydroxylation sites is 1. The molecule has 0 aliphatic heterocycles. The van der Waals surface area contributed by atoms with Gasteiger partial charge in [-0.1, -0.05) is 26.0 Å². The van der Waals surface area contributed by atoms with Crippen molar-refractivity contribution in [2.75, 3.05) is 7.11 Å². The van der Waals surface area contributed by atoms with Gasteiger partial charge in [0.2, 0.25) is 0 Å². The summed E-state index contributed by atoms with van der Waals surface area (Å²) in [7, 11) is 1.47. The van der Waals surface area contributed by atoms with Gasteiger partial charge in [-0.25, -0.2) is 4.79 Å². The van der Waals surface area contributed by atoms with E-state index < -0.39 is 12.0 Å². The monoisotopic (exact) mass is 367 g/mol. The molecule has 0 aliphatic rings. The third kappa shape index (κ3) is 3.79. The van der Waals surface area contributed by atoms with Crippen molar-refractivity contribution in [3.05, 3.63) is 53.9 Å². The number of benzene rings is 2. The number of phenolic OH excluding ortho intramolecular Hbond substituents is 1. The van der Waals surface area contributed by atoms with E-state index in [1.165, 1.54) is 13.2 Å². The quantitative estimate of drug-likeness (QED) is 0.715. The van der Waals surface area contributed by atoms with Gasteiger partial charge in [0, 0.05) is 17.0 Å². The van der Waals surface area contributed by atoms with Crippen LogP contribution in [0, 0.1) is 5.92 Å². The van der Waals surface area contributed by atoms with Crippen LogP contribution in [0.1, 0.15) is 13.8 Å². The van der Waals surface area contributed by atoms with Crippen LogP contribution < -0.4 is 10.1 Å². The number of aliphatic carboxylic acids is 1. The first kappa shape index (κ1) is 18.5. The molecule has 0 radical (unpaired) electrons. The van der Waals surface area contributed by atoms with Crippen LogP contribution in [0.15, 0.2) is 57.9 Å². The number of fused-ring (bicyclic) bond motifs is 1. The molecule has 6 nitrogen and oxygen atoms in total. The molecule has 140 valence electrons. The van der Waals surface area contributed by atoms with E-state index in [4.69, 9.17) is 9.15 Å². The summed E-state index contributed by atoms with van der Waals surface area (Å²) < 4.78 is 11.1. The highest BCUT2D eigenvalue weighted by Gasteiger charge is 2.20. The van der Waals surface area contributed by atoms with E-state index in [2.05, 4.69) is 4.99 Å². The highest BCUT2D eigenvalue weighted by Crippen LogP contribution is 2.32. The van der Waals surface area contributed by atoms with Crippen LogP contribution in [0.4, 0.5) is 0 Å². The van der Waals surface area contributed by atoms with Crippen molar-refractivity contribution < 1.29 is 24.2 Å². The van der Waals surface area contributed by atoms with Crippen LogP contribution in [0.3, 0.4) is 0 Å². The molecule has 1 atom stereocenters. The zero-order valence-corrected chi connectivity index (χ0v) is 15.3. The van der Waals surface area contributed by atoms with Gasteiger partial charge in [-0.05, 0) is 36.2 Å². The Kier molecular flexibility index (Phi) is 5.16. The van der Waals surface area contributed by atoms with E-state index in [1.54, 1.807) is 24.3 Å². The molecule has 0 fully saturated rings. The van der Waals surface area contributed by atoms with E-state index in [0.29, 0.717) is 28.0 Å². The maximum absolute atomic E-state index is 11.6. The van der Waals surface area contributed by atoms with Gasteiger partial charge in [0.15, 0.2) is 11.5 Å². The number of carboxylic acids is 1. The van der Waals surface area contributed by atoms with Crippen LogP contribution in [0.25, 0.3) is 22.3 Å². The van der Waals surface area contributed by atoms with Crippen molar-refractivity contribution in [3.63, 3.8) is 0 Å². The topological polar surface area (TPSA) is 92.3 Å². The summed E-state index contributed by atoms with van der Waals surface area (Å²) >= 11 is 0. The van der Waals surface area contributed by atoms with E-state index in [1.807, 2.05) is 32.0 Å². The second-order valence-electron chi connectivity index (χ2n) is 6.53. The molecule has 1 unspecified atom stereocenters.